The van der Waals surface area contributed by atoms with Crippen molar-refractivity contribution in [1.82, 2.24) is 30.2 Å². The number of likely N-dealkylation sites (tertiary alicyclic amines) is 1. The first-order chi connectivity index (χ1) is 20.3. The van der Waals surface area contributed by atoms with Crippen LogP contribution in [-0.4, -0.2) is 81.4 Å². The van der Waals surface area contributed by atoms with E-state index in [1.54, 1.807) is 17.2 Å². The zero-order valence-electron chi connectivity index (χ0n) is 22.2. The molecule has 0 unspecified atom stereocenters. The highest BCUT2D eigenvalue weighted by Gasteiger charge is 2.71. The zero-order chi connectivity index (χ0) is 29.2. The number of amides is 2. The number of ether oxygens (including phenoxy) is 1. The van der Waals surface area contributed by atoms with Gasteiger partial charge in [-0.1, -0.05) is 11.3 Å². The summed E-state index contributed by atoms with van der Waals surface area (Å²) in [4.78, 5) is 32.4. The average Bonchev–Trinajstić information content (AvgIpc) is 3.62. The van der Waals surface area contributed by atoms with Gasteiger partial charge in [0.05, 0.1) is 48.3 Å². The number of piperidine rings is 1. The molecule has 42 heavy (non-hydrogen) atoms. The average molecular weight is 579 g/mol. The van der Waals surface area contributed by atoms with Crippen LogP contribution in [0.2, 0.25) is 0 Å². The summed E-state index contributed by atoms with van der Waals surface area (Å²) in [6.07, 6.45) is 2.26. The van der Waals surface area contributed by atoms with Gasteiger partial charge in [-0.25, -0.2) is 22.6 Å². The second kappa shape index (κ2) is 9.80. The Morgan fingerprint density at radius 2 is 1.95 bits per heavy atom. The molecule has 4 aliphatic rings. The first-order valence-corrected chi connectivity index (χ1v) is 13.6. The van der Waals surface area contributed by atoms with Crippen LogP contribution < -0.4 is 10.2 Å². The number of nitriles is 1. The maximum atomic E-state index is 15.3. The molecule has 3 aliphatic heterocycles. The molecule has 216 valence electrons. The molecule has 5 heterocycles. The van der Waals surface area contributed by atoms with Crippen LogP contribution in [0.1, 0.15) is 12.1 Å². The molecule has 11 nitrogen and oxygen atoms in total. The van der Waals surface area contributed by atoms with E-state index in [0.29, 0.717) is 18.8 Å². The molecule has 2 amide bonds. The van der Waals surface area contributed by atoms with Gasteiger partial charge in [0, 0.05) is 55.8 Å². The molecule has 0 radical (unpaired) electrons. The molecule has 6 atom stereocenters. The summed E-state index contributed by atoms with van der Waals surface area (Å²) in [5.41, 5.74) is -0.515. The number of benzene rings is 1. The Hall–Kier alpha value is -4.51. The number of alkyl halides is 1. The van der Waals surface area contributed by atoms with Gasteiger partial charge < -0.3 is 15.0 Å². The second-order valence-electron chi connectivity index (χ2n) is 11.2. The Labute approximate surface area is 237 Å². The number of halogens is 3. The predicted molar refractivity (Wildman–Crippen MR) is 139 cm³/mol. The van der Waals surface area contributed by atoms with Gasteiger partial charge in [-0.15, -0.1) is 5.10 Å². The Bertz CT molecular complexity index is 1560. The van der Waals surface area contributed by atoms with Crippen LogP contribution in [0.25, 0.3) is 11.1 Å². The molecule has 3 saturated heterocycles. The maximum absolute atomic E-state index is 15.3. The molecule has 7 rings (SSSR count). The number of fused-ring (bicyclic) bond motifs is 1. The molecule has 1 aromatic carbocycles. The van der Waals surface area contributed by atoms with Crippen molar-refractivity contribution in [2.75, 3.05) is 31.1 Å². The number of carbonyl (C=O) groups excluding carboxylic acids is 2. The molecule has 14 heteroatoms. The number of nitrogens with one attached hydrogen (secondary N) is 1. The van der Waals surface area contributed by atoms with E-state index in [4.69, 9.17) is 4.74 Å². The summed E-state index contributed by atoms with van der Waals surface area (Å²) in [5, 5.41) is 20.5. The van der Waals surface area contributed by atoms with Crippen LogP contribution >= 0.6 is 0 Å². The highest BCUT2D eigenvalue weighted by Crippen LogP contribution is 2.63. The van der Waals surface area contributed by atoms with Crippen LogP contribution in [0.15, 0.2) is 42.9 Å². The molecule has 0 bridgehead atoms. The van der Waals surface area contributed by atoms with Crippen molar-refractivity contribution in [3.63, 3.8) is 0 Å². The first kappa shape index (κ1) is 26.4. The van der Waals surface area contributed by atoms with Gasteiger partial charge in [-0.3, -0.25) is 14.7 Å². The van der Waals surface area contributed by atoms with Gasteiger partial charge in [-0.05, 0) is 18.2 Å². The Balaban J connectivity index is 1.05. The van der Waals surface area contributed by atoms with Crippen molar-refractivity contribution >= 4 is 17.7 Å². The smallest absolute Gasteiger partial charge is 0.414 e. The van der Waals surface area contributed by atoms with Crippen molar-refractivity contribution in [1.29, 1.82) is 5.26 Å². The number of cyclic esters (lactones) is 1. The maximum Gasteiger partial charge on any atom is 0.414 e. The number of hydrogen-bond acceptors (Lipinski definition) is 8. The lowest BCUT2D eigenvalue weighted by Gasteiger charge is -2.25. The minimum absolute atomic E-state index is 0.0209. The molecule has 2 aromatic heterocycles. The first-order valence-electron chi connectivity index (χ1n) is 13.6. The van der Waals surface area contributed by atoms with Crippen LogP contribution in [0, 0.1) is 34.8 Å². The number of nitrogens with zero attached hydrogens (tertiary/aromatic N) is 7. The van der Waals surface area contributed by atoms with Gasteiger partial charge in [0.2, 0.25) is 5.91 Å². The third-order valence-corrected chi connectivity index (χ3v) is 8.80. The third-order valence-electron chi connectivity index (χ3n) is 8.80. The van der Waals surface area contributed by atoms with E-state index in [2.05, 4.69) is 26.7 Å². The van der Waals surface area contributed by atoms with Gasteiger partial charge in [0.25, 0.3) is 0 Å². The third kappa shape index (κ3) is 4.18. The van der Waals surface area contributed by atoms with E-state index in [1.165, 1.54) is 23.1 Å². The molecule has 1 saturated carbocycles. The fraction of sp³-hybridized carbons (Fsp3) is 0.429. The molecule has 1 N–H and O–H groups in total. The number of hydrogen-bond donors (Lipinski definition) is 1. The standard InChI is InChI=1S/C28H25F3N8O3/c29-16-5-23(33-9-16)26(40)37-12-19-20(13-37)28(19,14-32)24-2-1-15(8-34-24)25-21(30)6-17(7-22(25)31)39-11-18(42-27(39)41)10-38-4-3-35-36-38/h1-4,6-8,16,18-20,23,33H,5,9-13H2/t16-,18-,19-,20+,23-,28+/m0/s1. The summed E-state index contributed by atoms with van der Waals surface area (Å²) >= 11 is 0. The molecular formula is C28H25F3N8O3. The molecule has 1 aliphatic carbocycles. The lowest BCUT2D eigenvalue weighted by molar-refractivity contribution is -0.132. The van der Waals surface area contributed by atoms with E-state index in [9.17, 15) is 19.2 Å². The van der Waals surface area contributed by atoms with E-state index in [0.717, 1.165) is 17.0 Å². The van der Waals surface area contributed by atoms with Crippen molar-refractivity contribution < 1.29 is 27.5 Å². The van der Waals surface area contributed by atoms with Crippen LogP contribution in [-0.2, 0) is 21.5 Å². The van der Waals surface area contributed by atoms with Gasteiger partial charge in [0.1, 0.15) is 29.3 Å². The van der Waals surface area contributed by atoms with E-state index < -0.39 is 41.5 Å². The summed E-state index contributed by atoms with van der Waals surface area (Å²) in [5.74, 6) is -2.15. The predicted octanol–water partition coefficient (Wildman–Crippen LogP) is 2.19. The topological polar surface area (TPSA) is 129 Å². The number of aromatic nitrogens is 4. The largest absolute Gasteiger partial charge is 0.442 e. The number of anilines is 1. The van der Waals surface area contributed by atoms with Gasteiger partial charge in [-0.2, -0.15) is 5.26 Å². The number of carbonyl (C=O) groups is 2. The Kier molecular flexibility index (Phi) is 6.16. The Morgan fingerprint density at radius 1 is 1.19 bits per heavy atom. The summed E-state index contributed by atoms with van der Waals surface area (Å²) in [7, 11) is 0. The minimum atomic E-state index is -1.04. The highest BCUT2D eigenvalue weighted by molar-refractivity contribution is 5.90. The highest BCUT2D eigenvalue weighted by atomic mass is 19.1. The molecule has 0 spiro atoms. The summed E-state index contributed by atoms with van der Waals surface area (Å²) in [6.45, 7) is 1.25. The van der Waals surface area contributed by atoms with Crippen LogP contribution in [0.5, 0.6) is 0 Å². The minimum Gasteiger partial charge on any atom is -0.442 e. The van der Waals surface area contributed by atoms with Crippen molar-refractivity contribution in [2.24, 2.45) is 11.8 Å². The van der Waals surface area contributed by atoms with Crippen molar-refractivity contribution in [3.05, 3.63) is 60.2 Å². The van der Waals surface area contributed by atoms with Gasteiger partial charge in [0.15, 0.2) is 0 Å². The summed E-state index contributed by atoms with van der Waals surface area (Å²) in [6, 6.07) is 7.08. The van der Waals surface area contributed by atoms with E-state index in [1.807, 2.05) is 0 Å². The normalized spacial score (nSPS) is 29.9. The lowest BCUT2D eigenvalue weighted by atomic mass is 9.95. The van der Waals surface area contributed by atoms with Crippen LogP contribution in [0.4, 0.5) is 23.7 Å². The molecular weight excluding hydrogens is 553 g/mol. The van der Waals surface area contributed by atoms with E-state index in [-0.39, 0.29) is 60.6 Å². The quantitative estimate of drug-likeness (QED) is 0.472. The van der Waals surface area contributed by atoms with Gasteiger partial charge >= 0.3 is 6.09 Å². The van der Waals surface area contributed by atoms with Crippen LogP contribution in [0.3, 0.4) is 0 Å². The Morgan fingerprint density at radius 3 is 2.55 bits per heavy atom. The lowest BCUT2D eigenvalue weighted by Crippen LogP contribution is -2.44. The SMILES string of the molecule is N#C[C@]1(c2ccc(-c3c(F)cc(N4C[C@H](Cn5ccnn5)OC4=O)cc3F)cn2)[C@@H]2CN(C(=O)[C@@H]3C[C@H](F)CN3)C[C@@H]21. The zero-order valence-corrected chi connectivity index (χ0v) is 22.2. The summed E-state index contributed by atoms with van der Waals surface area (Å²) < 4.78 is 50.9. The number of rotatable bonds is 6. The monoisotopic (exact) mass is 578 g/mol. The van der Waals surface area contributed by atoms with Crippen molar-refractivity contribution in [2.45, 2.75) is 36.7 Å². The second-order valence-corrected chi connectivity index (χ2v) is 11.2. The van der Waals surface area contributed by atoms with Crippen molar-refractivity contribution in [3.8, 4) is 17.2 Å². The van der Waals surface area contributed by atoms with E-state index >= 15 is 8.78 Å². The fourth-order valence-corrected chi connectivity index (χ4v) is 6.66. The number of pyridine rings is 1. The molecule has 4 fully saturated rings. The fourth-order valence-electron chi connectivity index (χ4n) is 6.66. The molecule has 3 aromatic rings.